The number of rotatable bonds is 2. The van der Waals surface area contributed by atoms with E-state index in [2.05, 4.69) is 16.0 Å². The zero-order valence-corrected chi connectivity index (χ0v) is 10.7. The summed E-state index contributed by atoms with van der Waals surface area (Å²) in [4.78, 5) is 7.58. The summed E-state index contributed by atoms with van der Waals surface area (Å²) in [5.74, 6) is 0.842. The highest BCUT2D eigenvalue weighted by Gasteiger charge is 2.06. The Balaban J connectivity index is 0.00000120. The van der Waals surface area contributed by atoms with Crippen LogP contribution in [0.5, 0.6) is 5.75 Å². The fourth-order valence-corrected chi connectivity index (χ4v) is 1.95. The first-order valence-electron chi connectivity index (χ1n) is 5.45. The number of benzene rings is 1. The summed E-state index contributed by atoms with van der Waals surface area (Å²) in [6.45, 7) is 0. The number of fused-ring (bicyclic) bond motifs is 1. The van der Waals surface area contributed by atoms with Crippen molar-refractivity contribution in [1.29, 1.82) is 0 Å². The molecule has 0 aliphatic rings. The van der Waals surface area contributed by atoms with Gasteiger partial charge in [-0.1, -0.05) is 12.1 Å². The molecule has 4 heteroatoms. The Kier molecular flexibility index (Phi) is 3.53. The van der Waals surface area contributed by atoms with Crippen LogP contribution in [0.15, 0.2) is 48.8 Å². The Morgan fingerprint density at radius 3 is 2.83 bits per heavy atom. The fraction of sp³-hybridized carbons (Fsp3) is 0.0714. The second-order valence-corrected chi connectivity index (χ2v) is 3.83. The summed E-state index contributed by atoms with van der Waals surface area (Å²) in [7, 11) is 1.67. The number of pyridine rings is 1. The van der Waals surface area contributed by atoms with Crippen LogP contribution in [0, 0.1) is 0 Å². The maximum atomic E-state index is 5.35. The van der Waals surface area contributed by atoms with Gasteiger partial charge >= 0.3 is 0 Å². The molecule has 0 radical (unpaired) electrons. The van der Waals surface area contributed by atoms with E-state index in [1.54, 1.807) is 7.11 Å². The van der Waals surface area contributed by atoms with Crippen molar-refractivity contribution in [2.75, 3.05) is 7.11 Å². The first-order valence-corrected chi connectivity index (χ1v) is 5.45. The van der Waals surface area contributed by atoms with Gasteiger partial charge in [0.1, 0.15) is 5.75 Å². The predicted octanol–water partition coefficient (Wildman–Crippen LogP) is 3.66. The summed E-state index contributed by atoms with van der Waals surface area (Å²) < 4.78 is 5.35. The van der Waals surface area contributed by atoms with Gasteiger partial charge in [0.25, 0.3) is 0 Å². The Morgan fingerprint density at radius 2 is 2.00 bits per heavy atom. The lowest BCUT2D eigenvalue weighted by Crippen LogP contribution is -1.89. The lowest BCUT2D eigenvalue weighted by atomic mass is 10.1. The van der Waals surface area contributed by atoms with Crippen LogP contribution in [0.3, 0.4) is 0 Å². The largest absolute Gasteiger partial charge is 0.496 e. The van der Waals surface area contributed by atoms with Crippen molar-refractivity contribution in [3.63, 3.8) is 0 Å². The Bertz CT molecular complexity index is 663. The number of halogens is 1. The molecule has 3 aromatic rings. The van der Waals surface area contributed by atoms with Crippen LogP contribution in [0.4, 0.5) is 0 Å². The number of hydrogen-bond donors (Lipinski definition) is 1. The minimum Gasteiger partial charge on any atom is -0.496 e. The summed E-state index contributed by atoms with van der Waals surface area (Å²) >= 11 is 0. The van der Waals surface area contributed by atoms with Crippen molar-refractivity contribution in [1.82, 2.24) is 9.97 Å². The molecule has 0 saturated carbocycles. The number of aromatic amines is 1. The Morgan fingerprint density at radius 1 is 1.17 bits per heavy atom. The zero-order valence-electron chi connectivity index (χ0n) is 9.88. The molecule has 3 nitrogen and oxygen atoms in total. The average Bonchev–Trinajstić information content (AvgIpc) is 2.85. The monoisotopic (exact) mass is 260 g/mol. The number of nitrogens with one attached hydrogen (secondary N) is 1. The van der Waals surface area contributed by atoms with Gasteiger partial charge < -0.3 is 9.72 Å². The van der Waals surface area contributed by atoms with Gasteiger partial charge in [-0.25, -0.2) is 0 Å². The average molecular weight is 261 g/mol. The molecule has 0 aliphatic heterocycles. The highest BCUT2D eigenvalue weighted by atomic mass is 35.5. The standard InChI is InChI=1S/C14H12N2O.ClH/c1-17-14-5-3-2-4-11(14)12-8-10-6-7-15-13(10)9-16-12;/h2-9,15H,1H3;1H. The first kappa shape index (κ1) is 12.5. The van der Waals surface area contributed by atoms with Gasteiger partial charge in [0, 0.05) is 17.1 Å². The minimum atomic E-state index is 0. The second kappa shape index (κ2) is 5.10. The fourth-order valence-electron chi connectivity index (χ4n) is 1.95. The van der Waals surface area contributed by atoms with Gasteiger partial charge in [-0.15, -0.1) is 12.4 Å². The van der Waals surface area contributed by atoms with Crippen LogP contribution in [-0.4, -0.2) is 17.1 Å². The van der Waals surface area contributed by atoms with Crippen LogP contribution in [0.25, 0.3) is 22.2 Å². The molecule has 2 aromatic heterocycles. The number of nitrogens with zero attached hydrogens (tertiary/aromatic N) is 1. The number of methoxy groups -OCH3 is 1. The van der Waals surface area contributed by atoms with E-state index < -0.39 is 0 Å². The van der Waals surface area contributed by atoms with Crippen LogP contribution in [0.2, 0.25) is 0 Å². The summed E-state index contributed by atoms with van der Waals surface area (Å²) in [6.07, 6.45) is 3.76. The minimum absolute atomic E-state index is 0. The molecule has 0 bridgehead atoms. The lowest BCUT2D eigenvalue weighted by Gasteiger charge is -2.07. The van der Waals surface area contributed by atoms with E-state index in [4.69, 9.17) is 4.74 Å². The zero-order chi connectivity index (χ0) is 11.7. The molecule has 0 atom stereocenters. The number of aromatic nitrogens is 2. The van der Waals surface area contributed by atoms with Crippen LogP contribution in [0.1, 0.15) is 0 Å². The third kappa shape index (κ3) is 2.05. The molecule has 0 saturated heterocycles. The smallest absolute Gasteiger partial charge is 0.128 e. The van der Waals surface area contributed by atoms with E-state index >= 15 is 0 Å². The Labute approximate surface area is 111 Å². The lowest BCUT2D eigenvalue weighted by molar-refractivity contribution is 0.416. The molecule has 0 aliphatic carbocycles. The van der Waals surface area contributed by atoms with Gasteiger partial charge in [-0.05, 0) is 24.3 Å². The highest BCUT2D eigenvalue weighted by Crippen LogP contribution is 2.29. The summed E-state index contributed by atoms with van der Waals surface area (Å²) in [5, 5.41) is 1.15. The number of ether oxygens (including phenoxy) is 1. The molecule has 0 spiro atoms. The van der Waals surface area contributed by atoms with E-state index in [9.17, 15) is 0 Å². The molecule has 18 heavy (non-hydrogen) atoms. The molecule has 1 aromatic carbocycles. The third-order valence-corrected chi connectivity index (χ3v) is 2.82. The van der Waals surface area contributed by atoms with Crippen molar-refractivity contribution in [2.45, 2.75) is 0 Å². The maximum absolute atomic E-state index is 5.35. The van der Waals surface area contributed by atoms with Crippen molar-refractivity contribution in [3.8, 4) is 17.0 Å². The van der Waals surface area contributed by atoms with E-state index in [1.807, 2.05) is 42.7 Å². The number of H-pyrrole nitrogens is 1. The normalized spacial score (nSPS) is 10.1. The van der Waals surface area contributed by atoms with Crippen molar-refractivity contribution < 1.29 is 4.74 Å². The van der Waals surface area contributed by atoms with Gasteiger partial charge in [0.05, 0.1) is 24.5 Å². The molecular weight excluding hydrogens is 248 g/mol. The van der Waals surface area contributed by atoms with E-state index in [1.165, 1.54) is 0 Å². The third-order valence-electron chi connectivity index (χ3n) is 2.82. The first-order chi connectivity index (χ1) is 8.38. The molecule has 3 rings (SSSR count). The second-order valence-electron chi connectivity index (χ2n) is 3.83. The Hall–Kier alpha value is -2.00. The molecule has 1 N–H and O–H groups in total. The molecule has 2 heterocycles. The topological polar surface area (TPSA) is 37.9 Å². The maximum Gasteiger partial charge on any atom is 0.128 e. The van der Waals surface area contributed by atoms with Gasteiger partial charge in [-0.3, -0.25) is 4.98 Å². The number of hydrogen-bond acceptors (Lipinski definition) is 2. The van der Waals surface area contributed by atoms with E-state index in [-0.39, 0.29) is 12.4 Å². The highest BCUT2D eigenvalue weighted by molar-refractivity contribution is 5.85. The van der Waals surface area contributed by atoms with Crippen molar-refractivity contribution >= 4 is 23.3 Å². The van der Waals surface area contributed by atoms with Gasteiger partial charge in [0.2, 0.25) is 0 Å². The van der Waals surface area contributed by atoms with Crippen LogP contribution in [-0.2, 0) is 0 Å². The number of para-hydroxylation sites is 1. The summed E-state index contributed by atoms with van der Waals surface area (Å²) in [5.41, 5.74) is 2.98. The molecule has 0 fully saturated rings. The molecular formula is C14H13ClN2O. The van der Waals surface area contributed by atoms with Gasteiger partial charge in [0.15, 0.2) is 0 Å². The summed E-state index contributed by atoms with van der Waals surface area (Å²) in [6, 6.07) is 12.0. The van der Waals surface area contributed by atoms with Crippen LogP contribution < -0.4 is 4.74 Å². The van der Waals surface area contributed by atoms with Crippen molar-refractivity contribution in [3.05, 3.63) is 48.8 Å². The molecule has 0 unspecified atom stereocenters. The van der Waals surface area contributed by atoms with E-state index in [0.717, 1.165) is 27.9 Å². The molecule has 92 valence electrons. The van der Waals surface area contributed by atoms with E-state index in [0.29, 0.717) is 0 Å². The quantitative estimate of drug-likeness (QED) is 0.764. The SMILES string of the molecule is COc1ccccc1-c1cc2cc[nH]c2cn1.Cl. The predicted molar refractivity (Wildman–Crippen MR) is 75.3 cm³/mol. The van der Waals surface area contributed by atoms with Gasteiger partial charge in [-0.2, -0.15) is 0 Å². The molecule has 0 amide bonds. The van der Waals surface area contributed by atoms with Crippen LogP contribution >= 0.6 is 12.4 Å². The van der Waals surface area contributed by atoms with Crippen molar-refractivity contribution in [2.24, 2.45) is 0 Å².